The molecule has 0 atom stereocenters. The molecule has 2 amide bonds. The third kappa shape index (κ3) is 4.39. The number of nitrogens with zero attached hydrogens (tertiary/aromatic N) is 1. The van der Waals surface area contributed by atoms with Gasteiger partial charge in [0.1, 0.15) is 5.82 Å². The number of amides is 2. The van der Waals surface area contributed by atoms with Crippen molar-refractivity contribution in [2.24, 2.45) is 0 Å². The quantitative estimate of drug-likeness (QED) is 0.443. The third-order valence-corrected chi connectivity index (χ3v) is 6.94. The van der Waals surface area contributed by atoms with Crippen molar-refractivity contribution in [1.82, 2.24) is 5.32 Å². The van der Waals surface area contributed by atoms with E-state index < -0.39 is 0 Å². The molecule has 3 aromatic rings. The van der Waals surface area contributed by atoms with E-state index >= 15 is 0 Å². The normalized spacial score (nSPS) is 12.3. The van der Waals surface area contributed by atoms with E-state index in [1.54, 1.807) is 28.8 Å². The van der Waals surface area contributed by atoms with E-state index in [-0.39, 0.29) is 11.8 Å². The fraction of sp³-hybridized carbons (Fsp3) is 0.136. The number of carbonyl (C=O) groups is 1. The van der Waals surface area contributed by atoms with Gasteiger partial charge >= 0.3 is 6.03 Å². The smallest absolute Gasteiger partial charge is 0.326 e. The number of para-hydroxylation sites is 2. The molecule has 1 heterocycles. The summed E-state index contributed by atoms with van der Waals surface area (Å²) >= 11 is 9.25. The van der Waals surface area contributed by atoms with Gasteiger partial charge in [-0.25, -0.2) is 9.18 Å². The van der Waals surface area contributed by atoms with Gasteiger partial charge in [-0.2, -0.15) is 11.8 Å². The fourth-order valence-corrected chi connectivity index (χ4v) is 5.33. The van der Waals surface area contributed by atoms with Gasteiger partial charge in [0.25, 0.3) is 0 Å². The molecule has 4 rings (SSSR count). The molecule has 0 fully saturated rings. The van der Waals surface area contributed by atoms with Gasteiger partial charge in [-0.15, -0.1) is 0 Å². The summed E-state index contributed by atoms with van der Waals surface area (Å²) in [6, 6.07) is 20.3. The predicted octanol–water partition coefficient (Wildman–Crippen LogP) is 6.72. The number of nitrogens with one attached hydrogen (secondary N) is 1. The van der Waals surface area contributed by atoms with Crippen LogP contribution in [0, 0.1) is 5.82 Å². The van der Waals surface area contributed by atoms with Gasteiger partial charge in [0, 0.05) is 38.4 Å². The monoisotopic (exact) mass is 444 g/mol. The van der Waals surface area contributed by atoms with Crippen molar-refractivity contribution >= 4 is 52.5 Å². The SMILES string of the molecule is O=C(NCCSCc1c(F)cccc1Cl)N1c2ccccc2Sc2ccccc21. The molecule has 3 nitrogen and oxygen atoms in total. The summed E-state index contributed by atoms with van der Waals surface area (Å²) in [6.45, 7) is 0.476. The maximum Gasteiger partial charge on any atom is 0.326 e. The maximum atomic E-state index is 13.8. The maximum absolute atomic E-state index is 13.8. The molecular weight excluding hydrogens is 427 g/mol. The third-order valence-electron chi connectivity index (χ3n) is 4.47. The molecule has 0 radical (unpaired) electrons. The number of urea groups is 1. The van der Waals surface area contributed by atoms with Crippen molar-refractivity contribution in [3.05, 3.63) is 83.1 Å². The Bertz CT molecular complexity index is 981. The van der Waals surface area contributed by atoms with E-state index in [9.17, 15) is 9.18 Å². The Kier molecular flexibility index (Phi) is 6.33. The predicted molar refractivity (Wildman–Crippen MR) is 120 cm³/mol. The van der Waals surface area contributed by atoms with Crippen LogP contribution in [0.1, 0.15) is 5.56 Å². The van der Waals surface area contributed by atoms with Crippen molar-refractivity contribution in [3.63, 3.8) is 0 Å². The molecular formula is C22H18ClFN2OS2. The van der Waals surface area contributed by atoms with Crippen LogP contribution in [0.5, 0.6) is 0 Å². The van der Waals surface area contributed by atoms with Gasteiger partial charge in [-0.1, -0.05) is 53.7 Å². The van der Waals surface area contributed by atoms with Crippen LogP contribution >= 0.6 is 35.1 Å². The van der Waals surface area contributed by atoms with Crippen LogP contribution in [0.3, 0.4) is 0 Å². The minimum absolute atomic E-state index is 0.172. The van der Waals surface area contributed by atoms with Crippen molar-refractivity contribution < 1.29 is 9.18 Å². The highest BCUT2D eigenvalue weighted by Gasteiger charge is 2.27. The van der Waals surface area contributed by atoms with E-state index in [4.69, 9.17) is 11.6 Å². The first kappa shape index (κ1) is 20.1. The molecule has 0 saturated carbocycles. The summed E-state index contributed by atoms with van der Waals surface area (Å²) < 4.78 is 13.8. The molecule has 1 aliphatic heterocycles. The van der Waals surface area contributed by atoms with Gasteiger partial charge in [0.2, 0.25) is 0 Å². The van der Waals surface area contributed by atoms with Gasteiger partial charge in [-0.05, 0) is 36.4 Å². The second kappa shape index (κ2) is 9.11. The molecule has 0 bridgehead atoms. The summed E-state index contributed by atoms with van der Waals surface area (Å²) in [6.07, 6.45) is 0. The number of anilines is 2. The van der Waals surface area contributed by atoms with Gasteiger partial charge < -0.3 is 5.32 Å². The number of hydrogen-bond donors (Lipinski definition) is 1. The molecule has 148 valence electrons. The van der Waals surface area contributed by atoms with Gasteiger partial charge in [0.15, 0.2) is 0 Å². The summed E-state index contributed by atoms with van der Waals surface area (Å²) in [5.41, 5.74) is 2.25. The minimum atomic E-state index is -0.298. The Morgan fingerprint density at radius 2 is 1.66 bits per heavy atom. The lowest BCUT2D eigenvalue weighted by molar-refractivity contribution is 0.249. The van der Waals surface area contributed by atoms with Crippen LogP contribution in [0.25, 0.3) is 0 Å². The van der Waals surface area contributed by atoms with Crippen LogP contribution < -0.4 is 10.2 Å². The first-order valence-corrected chi connectivity index (χ1v) is 11.4. The highest BCUT2D eigenvalue weighted by Crippen LogP contribution is 2.47. The first-order chi connectivity index (χ1) is 14.1. The van der Waals surface area contributed by atoms with Crippen LogP contribution in [0.4, 0.5) is 20.6 Å². The van der Waals surface area contributed by atoms with Crippen molar-refractivity contribution in [3.8, 4) is 0 Å². The molecule has 0 saturated heterocycles. The zero-order valence-electron chi connectivity index (χ0n) is 15.4. The molecule has 0 aliphatic carbocycles. The molecule has 29 heavy (non-hydrogen) atoms. The lowest BCUT2D eigenvalue weighted by Crippen LogP contribution is -2.39. The minimum Gasteiger partial charge on any atom is -0.337 e. The topological polar surface area (TPSA) is 32.3 Å². The van der Waals surface area contributed by atoms with Crippen LogP contribution in [0.15, 0.2) is 76.5 Å². The number of thioether (sulfide) groups is 1. The Balaban J connectivity index is 1.39. The lowest BCUT2D eigenvalue weighted by Gasteiger charge is -2.31. The first-order valence-electron chi connectivity index (χ1n) is 9.09. The van der Waals surface area contributed by atoms with Gasteiger partial charge in [0.05, 0.1) is 11.4 Å². The molecule has 1 N–H and O–H groups in total. The van der Waals surface area contributed by atoms with Crippen LogP contribution in [-0.4, -0.2) is 18.3 Å². The Morgan fingerprint density at radius 3 is 2.31 bits per heavy atom. The average Bonchev–Trinajstić information content (AvgIpc) is 2.73. The van der Waals surface area contributed by atoms with Crippen LogP contribution in [0.2, 0.25) is 5.02 Å². The standard InChI is InChI=1S/C22H18ClFN2OS2/c23-16-6-5-7-17(24)15(16)14-28-13-12-25-22(27)26-18-8-1-3-10-20(18)29-21-11-4-2-9-19(21)26/h1-11H,12-14H2,(H,25,27). The van der Waals surface area contributed by atoms with E-state index in [2.05, 4.69) is 5.32 Å². The average molecular weight is 445 g/mol. The van der Waals surface area contributed by atoms with Crippen LogP contribution in [-0.2, 0) is 5.75 Å². The zero-order valence-corrected chi connectivity index (χ0v) is 17.8. The second-order valence-electron chi connectivity index (χ2n) is 6.36. The van der Waals surface area contributed by atoms with Crippen molar-refractivity contribution in [1.29, 1.82) is 0 Å². The zero-order chi connectivity index (χ0) is 20.2. The fourth-order valence-electron chi connectivity index (χ4n) is 3.08. The summed E-state index contributed by atoms with van der Waals surface area (Å²) in [4.78, 5) is 16.8. The Labute approximate surface area is 182 Å². The Morgan fingerprint density at radius 1 is 1.00 bits per heavy atom. The number of halogens is 2. The van der Waals surface area contributed by atoms with Gasteiger partial charge in [-0.3, -0.25) is 4.90 Å². The molecule has 7 heteroatoms. The molecule has 3 aromatic carbocycles. The lowest BCUT2D eigenvalue weighted by atomic mass is 10.2. The highest BCUT2D eigenvalue weighted by molar-refractivity contribution is 7.99. The number of benzene rings is 3. The van der Waals surface area contributed by atoms with E-state index in [0.717, 1.165) is 21.2 Å². The summed E-state index contributed by atoms with van der Waals surface area (Å²) in [5, 5.41) is 3.41. The number of rotatable bonds is 5. The molecule has 0 aromatic heterocycles. The molecule has 0 unspecified atom stereocenters. The molecule has 1 aliphatic rings. The van der Waals surface area contributed by atoms with E-state index in [0.29, 0.717) is 28.6 Å². The second-order valence-corrected chi connectivity index (χ2v) is 8.95. The summed E-state index contributed by atoms with van der Waals surface area (Å²) in [5.74, 6) is 0.823. The largest absolute Gasteiger partial charge is 0.337 e. The molecule has 0 spiro atoms. The Hall–Kier alpha value is -2.15. The number of fused-ring (bicyclic) bond motifs is 2. The van der Waals surface area contributed by atoms with Crippen molar-refractivity contribution in [2.45, 2.75) is 15.5 Å². The number of hydrogen-bond acceptors (Lipinski definition) is 3. The number of carbonyl (C=O) groups excluding carboxylic acids is 1. The van der Waals surface area contributed by atoms with E-state index in [1.807, 2.05) is 48.5 Å². The highest BCUT2D eigenvalue weighted by atomic mass is 35.5. The summed E-state index contributed by atoms with van der Waals surface area (Å²) in [7, 11) is 0. The van der Waals surface area contributed by atoms with E-state index in [1.165, 1.54) is 17.8 Å². The van der Waals surface area contributed by atoms with Crippen molar-refractivity contribution in [2.75, 3.05) is 17.2 Å².